The molecule has 35 heavy (non-hydrogen) atoms. The highest BCUT2D eigenvalue weighted by molar-refractivity contribution is 5.96. The number of fused-ring (bicyclic) bond motifs is 1. The van der Waals surface area contributed by atoms with E-state index in [0.29, 0.717) is 22.3 Å². The van der Waals surface area contributed by atoms with E-state index < -0.39 is 41.6 Å². The largest absolute Gasteiger partial charge is 0.497 e. The Morgan fingerprint density at radius 2 is 1.74 bits per heavy atom. The number of rotatable bonds is 5. The number of amides is 2. The molecule has 1 aliphatic heterocycles. The Hall–Kier alpha value is -4.01. The van der Waals surface area contributed by atoms with Crippen molar-refractivity contribution in [3.8, 4) is 5.75 Å². The average Bonchev–Trinajstić information content (AvgIpc) is 3.37. The first kappa shape index (κ1) is 24.1. The van der Waals surface area contributed by atoms with Crippen LogP contribution >= 0.6 is 0 Å². The van der Waals surface area contributed by atoms with E-state index in [9.17, 15) is 19.5 Å². The monoisotopic (exact) mass is 480 g/mol. The lowest BCUT2D eigenvalue weighted by molar-refractivity contribution is -0.123. The van der Waals surface area contributed by atoms with E-state index in [-0.39, 0.29) is 12.2 Å². The Bertz CT molecular complexity index is 1270. The SMILES string of the molecule is COc1ccc([C@@H]2CC(c3c(C(=O)O)oc4ccccc34)N(C(=O)OC(C)(C)C)[C@@H]2C(N)=O)cc1. The van der Waals surface area contributed by atoms with Crippen molar-refractivity contribution in [2.45, 2.75) is 50.8 Å². The number of nitrogens with zero attached hydrogens (tertiary/aromatic N) is 1. The van der Waals surface area contributed by atoms with Crippen LogP contribution in [0.25, 0.3) is 11.0 Å². The first-order chi connectivity index (χ1) is 16.5. The molecule has 1 fully saturated rings. The number of nitrogens with two attached hydrogens (primary N) is 1. The number of carbonyl (C=O) groups excluding carboxylic acids is 2. The number of hydrogen-bond donors (Lipinski definition) is 2. The maximum absolute atomic E-state index is 13.5. The van der Waals surface area contributed by atoms with Crippen LogP contribution in [0.2, 0.25) is 0 Å². The summed E-state index contributed by atoms with van der Waals surface area (Å²) < 4.78 is 16.5. The van der Waals surface area contributed by atoms with Gasteiger partial charge < -0.3 is 24.7 Å². The topological polar surface area (TPSA) is 132 Å². The van der Waals surface area contributed by atoms with E-state index in [1.165, 1.54) is 4.90 Å². The molecule has 1 aromatic heterocycles. The second kappa shape index (κ2) is 8.98. The molecule has 0 radical (unpaired) electrons. The van der Waals surface area contributed by atoms with E-state index >= 15 is 0 Å². The molecule has 4 rings (SSSR count). The molecule has 9 heteroatoms. The molecule has 184 valence electrons. The third-order valence-corrected chi connectivity index (χ3v) is 6.09. The molecule has 0 aliphatic carbocycles. The summed E-state index contributed by atoms with van der Waals surface area (Å²) in [5, 5.41) is 10.5. The summed E-state index contributed by atoms with van der Waals surface area (Å²) in [4.78, 5) is 39.7. The number of hydrogen-bond acceptors (Lipinski definition) is 6. The number of furan rings is 1. The quantitative estimate of drug-likeness (QED) is 0.551. The van der Waals surface area contributed by atoms with Gasteiger partial charge in [0, 0.05) is 16.9 Å². The van der Waals surface area contributed by atoms with Crippen LogP contribution in [-0.2, 0) is 9.53 Å². The Kier molecular flexibility index (Phi) is 6.19. The Morgan fingerprint density at radius 3 is 2.31 bits per heavy atom. The third-order valence-electron chi connectivity index (χ3n) is 6.09. The Labute approximate surface area is 202 Å². The molecule has 1 aliphatic rings. The summed E-state index contributed by atoms with van der Waals surface area (Å²) in [6.07, 6.45) is -0.521. The molecule has 2 amide bonds. The Morgan fingerprint density at radius 1 is 1.09 bits per heavy atom. The number of carbonyl (C=O) groups is 3. The van der Waals surface area contributed by atoms with Crippen molar-refractivity contribution < 1.29 is 33.4 Å². The summed E-state index contributed by atoms with van der Waals surface area (Å²) in [5.74, 6) is -2.15. The molecule has 9 nitrogen and oxygen atoms in total. The molecular weight excluding hydrogens is 452 g/mol. The number of likely N-dealkylation sites (tertiary alicyclic amines) is 1. The van der Waals surface area contributed by atoms with Crippen molar-refractivity contribution in [2.24, 2.45) is 5.73 Å². The van der Waals surface area contributed by atoms with E-state index in [1.54, 1.807) is 76.4 Å². The number of aromatic carboxylic acids is 1. The Balaban J connectivity index is 1.91. The van der Waals surface area contributed by atoms with Gasteiger partial charge in [0.2, 0.25) is 11.7 Å². The second-order valence-corrected chi connectivity index (χ2v) is 9.51. The summed E-state index contributed by atoms with van der Waals surface area (Å²) >= 11 is 0. The van der Waals surface area contributed by atoms with Gasteiger partial charge in [-0.25, -0.2) is 9.59 Å². The number of carboxylic acids is 1. The standard InChI is InChI=1S/C26H28N2O7/c1-26(2,3)35-25(32)28-18(20-16-7-5-6-8-19(16)34-22(20)24(30)31)13-17(21(28)23(27)29)14-9-11-15(33-4)12-10-14/h5-12,17-18,21H,13H2,1-4H3,(H2,27,29)(H,30,31)/t17-,18?,21-/m0/s1. The fourth-order valence-corrected chi connectivity index (χ4v) is 4.74. The number of ether oxygens (including phenoxy) is 2. The summed E-state index contributed by atoms with van der Waals surface area (Å²) in [6.45, 7) is 5.14. The maximum atomic E-state index is 13.5. The van der Waals surface area contributed by atoms with Crippen LogP contribution in [0.3, 0.4) is 0 Å². The summed E-state index contributed by atoms with van der Waals surface area (Å²) in [5.41, 5.74) is 6.43. The van der Waals surface area contributed by atoms with Crippen LogP contribution in [0.4, 0.5) is 4.79 Å². The van der Waals surface area contributed by atoms with Gasteiger partial charge in [-0.3, -0.25) is 9.69 Å². The van der Waals surface area contributed by atoms with Crippen LogP contribution in [0.1, 0.15) is 60.8 Å². The normalized spacial score (nSPS) is 20.1. The van der Waals surface area contributed by atoms with Gasteiger partial charge in [-0.15, -0.1) is 0 Å². The van der Waals surface area contributed by atoms with Gasteiger partial charge in [0.1, 0.15) is 23.0 Å². The molecule has 0 bridgehead atoms. The molecule has 2 aromatic carbocycles. The minimum absolute atomic E-state index is 0.239. The summed E-state index contributed by atoms with van der Waals surface area (Å²) in [6, 6.07) is 12.1. The smallest absolute Gasteiger partial charge is 0.411 e. The average molecular weight is 481 g/mol. The van der Waals surface area contributed by atoms with Gasteiger partial charge in [-0.1, -0.05) is 30.3 Å². The highest BCUT2D eigenvalue weighted by Gasteiger charge is 2.51. The number of methoxy groups -OCH3 is 1. The van der Waals surface area contributed by atoms with E-state index in [1.807, 2.05) is 0 Å². The second-order valence-electron chi connectivity index (χ2n) is 9.51. The lowest BCUT2D eigenvalue weighted by atomic mass is 9.88. The van der Waals surface area contributed by atoms with Gasteiger partial charge in [-0.2, -0.15) is 0 Å². The zero-order valence-corrected chi connectivity index (χ0v) is 20.0. The van der Waals surface area contributed by atoms with Gasteiger partial charge in [0.15, 0.2) is 0 Å². The first-order valence-electron chi connectivity index (χ1n) is 11.2. The third kappa shape index (κ3) is 4.53. The molecule has 0 saturated carbocycles. The van der Waals surface area contributed by atoms with Crippen molar-refractivity contribution in [3.63, 3.8) is 0 Å². The molecule has 1 unspecified atom stereocenters. The summed E-state index contributed by atoms with van der Waals surface area (Å²) in [7, 11) is 1.55. The van der Waals surface area contributed by atoms with Crippen molar-refractivity contribution in [1.82, 2.24) is 4.90 Å². The molecule has 0 spiro atoms. The maximum Gasteiger partial charge on any atom is 0.411 e. The zero-order chi connectivity index (χ0) is 25.5. The van der Waals surface area contributed by atoms with Gasteiger partial charge in [-0.05, 0) is 51.0 Å². The first-order valence-corrected chi connectivity index (χ1v) is 11.2. The van der Waals surface area contributed by atoms with Crippen molar-refractivity contribution >= 4 is 28.9 Å². The van der Waals surface area contributed by atoms with Crippen LogP contribution in [0, 0.1) is 0 Å². The lowest BCUT2D eigenvalue weighted by Crippen LogP contribution is -2.48. The van der Waals surface area contributed by atoms with Gasteiger partial charge >= 0.3 is 12.1 Å². The fraction of sp³-hybridized carbons (Fsp3) is 0.346. The minimum atomic E-state index is -1.27. The molecular formula is C26H28N2O7. The fourth-order valence-electron chi connectivity index (χ4n) is 4.74. The number of primary amides is 1. The minimum Gasteiger partial charge on any atom is -0.497 e. The predicted molar refractivity (Wildman–Crippen MR) is 127 cm³/mol. The highest BCUT2D eigenvalue weighted by Crippen LogP contribution is 2.49. The van der Waals surface area contributed by atoms with E-state index in [4.69, 9.17) is 19.6 Å². The van der Waals surface area contributed by atoms with Crippen molar-refractivity contribution in [3.05, 3.63) is 65.4 Å². The van der Waals surface area contributed by atoms with Crippen LogP contribution in [0.5, 0.6) is 5.75 Å². The highest BCUT2D eigenvalue weighted by atomic mass is 16.6. The molecule has 3 atom stereocenters. The van der Waals surface area contributed by atoms with Gasteiger partial charge in [0.25, 0.3) is 0 Å². The number of carboxylic acid groups (broad SMARTS) is 1. The van der Waals surface area contributed by atoms with Crippen LogP contribution in [0.15, 0.2) is 52.9 Å². The van der Waals surface area contributed by atoms with Crippen molar-refractivity contribution in [1.29, 1.82) is 0 Å². The van der Waals surface area contributed by atoms with Crippen LogP contribution in [-0.4, -0.2) is 46.7 Å². The lowest BCUT2D eigenvalue weighted by Gasteiger charge is -2.32. The number of para-hydroxylation sites is 1. The predicted octanol–water partition coefficient (Wildman–Crippen LogP) is 4.46. The van der Waals surface area contributed by atoms with Crippen molar-refractivity contribution in [2.75, 3.05) is 7.11 Å². The molecule has 1 saturated heterocycles. The molecule has 2 heterocycles. The molecule has 3 N–H and O–H groups in total. The van der Waals surface area contributed by atoms with E-state index in [0.717, 1.165) is 5.56 Å². The molecule has 3 aromatic rings. The van der Waals surface area contributed by atoms with Crippen LogP contribution < -0.4 is 10.5 Å². The number of benzene rings is 2. The van der Waals surface area contributed by atoms with Gasteiger partial charge in [0.05, 0.1) is 13.2 Å². The zero-order valence-electron chi connectivity index (χ0n) is 20.0. The van der Waals surface area contributed by atoms with E-state index in [2.05, 4.69) is 0 Å².